The smallest absolute Gasteiger partial charge is 0.332 e. The molecule has 2 heterocycles. The molecule has 86 valence electrons. The third kappa shape index (κ3) is 1.24. The molecule has 0 bridgehead atoms. The molecule has 0 amide bonds. The molecule has 0 aliphatic heterocycles. The summed E-state index contributed by atoms with van der Waals surface area (Å²) in [6.07, 6.45) is 1.80. The predicted octanol–water partition coefficient (Wildman–Crippen LogP) is 0.541. The number of aromatic nitrogens is 3. The van der Waals surface area contributed by atoms with Crippen molar-refractivity contribution in [3.63, 3.8) is 0 Å². The fourth-order valence-electron chi connectivity index (χ4n) is 2.06. The van der Waals surface area contributed by atoms with Crippen molar-refractivity contribution in [3.8, 4) is 0 Å². The van der Waals surface area contributed by atoms with E-state index < -0.39 is 0 Å². The van der Waals surface area contributed by atoms with E-state index in [1.807, 2.05) is 18.5 Å². The van der Waals surface area contributed by atoms with Crippen molar-refractivity contribution >= 4 is 11.0 Å². The Balaban J connectivity index is 3.09. The molecule has 5 heteroatoms. The largest absolute Gasteiger partial charge is 0.337 e. The molecule has 5 nitrogen and oxygen atoms in total. The third-order valence-corrected chi connectivity index (χ3v) is 2.87. The Kier molecular flexibility index (Phi) is 2.46. The fraction of sp³-hybridized carbons (Fsp3) is 0.455. The first-order chi connectivity index (χ1) is 7.61. The SMILES string of the molecule is CCn1c(=O)c2ccn(C)c2n(CC)c1=O. The fourth-order valence-corrected chi connectivity index (χ4v) is 2.06. The van der Waals surface area contributed by atoms with Crippen molar-refractivity contribution in [2.24, 2.45) is 7.05 Å². The highest BCUT2D eigenvalue weighted by atomic mass is 16.2. The molecule has 0 aliphatic carbocycles. The minimum Gasteiger partial charge on any atom is -0.337 e. The minimum atomic E-state index is -0.232. The summed E-state index contributed by atoms with van der Waals surface area (Å²) in [5, 5.41) is 0.603. The molecule has 2 aromatic rings. The summed E-state index contributed by atoms with van der Waals surface area (Å²) in [7, 11) is 1.84. The van der Waals surface area contributed by atoms with Gasteiger partial charge in [0.25, 0.3) is 5.56 Å². The van der Waals surface area contributed by atoms with Crippen LogP contribution in [0.4, 0.5) is 0 Å². The Morgan fingerprint density at radius 1 is 1.12 bits per heavy atom. The number of hydrogen-bond donors (Lipinski definition) is 0. The summed E-state index contributed by atoms with van der Waals surface area (Å²) in [5.41, 5.74) is 0.263. The lowest BCUT2D eigenvalue weighted by Gasteiger charge is -2.10. The van der Waals surface area contributed by atoms with Gasteiger partial charge in [0.15, 0.2) is 0 Å². The summed E-state index contributed by atoms with van der Waals surface area (Å²) in [6, 6.07) is 1.76. The maximum Gasteiger partial charge on any atom is 0.332 e. The van der Waals surface area contributed by atoms with Crippen molar-refractivity contribution in [1.82, 2.24) is 13.7 Å². The highest BCUT2D eigenvalue weighted by Crippen LogP contribution is 2.08. The van der Waals surface area contributed by atoms with Gasteiger partial charge in [-0.05, 0) is 19.9 Å². The second kappa shape index (κ2) is 3.66. The first kappa shape index (κ1) is 10.7. The molecular weight excluding hydrogens is 206 g/mol. The summed E-state index contributed by atoms with van der Waals surface area (Å²) < 4.78 is 4.70. The van der Waals surface area contributed by atoms with Gasteiger partial charge in [0.2, 0.25) is 0 Å². The van der Waals surface area contributed by atoms with Gasteiger partial charge in [-0.3, -0.25) is 13.9 Å². The summed E-state index contributed by atoms with van der Waals surface area (Å²) in [5.74, 6) is 0. The first-order valence-corrected chi connectivity index (χ1v) is 5.40. The van der Waals surface area contributed by atoms with Gasteiger partial charge in [-0.2, -0.15) is 0 Å². The number of fused-ring (bicyclic) bond motifs is 1. The second-order valence-electron chi connectivity index (χ2n) is 3.74. The lowest BCUT2D eigenvalue weighted by molar-refractivity contribution is 0.600. The zero-order valence-electron chi connectivity index (χ0n) is 9.73. The molecule has 0 unspecified atom stereocenters. The Bertz CT molecular complexity index is 646. The van der Waals surface area contributed by atoms with E-state index in [-0.39, 0.29) is 11.2 Å². The Morgan fingerprint density at radius 2 is 1.75 bits per heavy atom. The molecule has 2 rings (SSSR count). The topological polar surface area (TPSA) is 48.9 Å². The minimum absolute atomic E-state index is 0.201. The third-order valence-electron chi connectivity index (χ3n) is 2.87. The van der Waals surface area contributed by atoms with Crippen LogP contribution in [-0.2, 0) is 20.1 Å². The predicted molar refractivity (Wildman–Crippen MR) is 62.8 cm³/mol. The zero-order valence-corrected chi connectivity index (χ0v) is 9.73. The van der Waals surface area contributed by atoms with E-state index >= 15 is 0 Å². The average Bonchev–Trinajstić information content (AvgIpc) is 2.63. The van der Waals surface area contributed by atoms with Crippen LogP contribution >= 0.6 is 0 Å². The van der Waals surface area contributed by atoms with Gasteiger partial charge in [-0.25, -0.2) is 4.79 Å². The molecule has 0 fully saturated rings. The lowest BCUT2D eigenvalue weighted by atomic mass is 10.4. The number of nitrogens with zero attached hydrogens (tertiary/aromatic N) is 3. The lowest BCUT2D eigenvalue weighted by Crippen LogP contribution is -2.39. The standard InChI is InChI=1S/C11H15N3O2/c1-4-13-9-8(6-7-12(9)3)10(15)14(5-2)11(13)16/h6-7H,4-5H2,1-3H3. The van der Waals surface area contributed by atoms with Crippen LogP contribution < -0.4 is 11.2 Å². The van der Waals surface area contributed by atoms with Crippen LogP contribution in [-0.4, -0.2) is 13.7 Å². The molecule has 16 heavy (non-hydrogen) atoms. The quantitative estimate of drug-likeness (QED) is 0.743. The van der Waals surface area contributed by atoms with Gasteiger partial charge in [-0.1, -0.05) is 0 Å². The van der Waals surface area contributed by atoms with Crippen LogP contribution in [0.2, 0.25) is 0 Å². The van der Waals surface area contributed by atoms with E-state index in [0.29, 0.717) is 24.1 Å². The summed E-state index contributed by atoms with van der Waals surface area (Å²) in [6.45, 7) is 4.67. The average molecular weight is 221 g/mol. The van der Waals surface area contributed by atoms with Crippen molar-refractivity contribution in [3.05, 3.63) is 33.1 Å². The molecule has 2 aromatic heterocycles. The highest BCUT2D eigenvalue weighted by Gasteiger charge is 2.12. The molecule has 0 radical (unpaired) electrons. The number of rotatable bonds is 2. The van der Waals surface area contributed by atoms with Gasteiger partial charge in [0, 0.05) is 26.3 Å². The molecule has 0 spiro atoms. The van der Waals surface area contributed by atoms with Crippen molar-refractivity contribution in [2.45, 2.75) is 26.9 Å². The van der Waals surface area contributed by atoms with Crippen LogP contribution in [0.3, 0.4) is 0 Å². The molecule has 0 aromatic carbocycles. The van der Waals surface area contributed by atoms with Crippen LogP contribution in [0.15, 0.2) is 21.9 Å². The van der Waals surface area contributed by atoms with Crippen LogP contribution in [0, 0.1) is 0 Å². The van der Waals surface area contributed by atoms with E-state index in [1.165, 1.54) is 4.57 Å². The Hall–Kier alpha value is -1.78. The highest BCUT2D eigenvalue weighted by molar-refractivity contribution is 5.75. The van der Waals surface area contributed by atoms with Crippen LogP contribution in [0.5, 0.6) is 0 Å². The van der Waals surface area contributed by atoms with E-state index in [0.717, 1.165) is 0 Å². The van der Waals surface area contributed by atoms with Gasteiger partial charge >= 0.3 is 5.69 Å². The molecule has 0 atom stereocenters. The molecule has 0 saturated carbocycles. The maximum atomic E-state index is 12.0. The van der Waals surface area contributed by atoms with E-state index in [4.69, 9.17) is 0 Å². The molecule has 0 N–H and O–H groups in total. The van der Waals surface area contributed by atoms with Crippen molar-refractivity contribution < 1.29 is 0 Å². The monoisotopic (exact) mass is 221 g/mol. The van der Waals surface area contributed by atoms with Gasteiger partial charge in [0.05, 0.1) is 5.39 Å². The van der Waals surface area contributed by atoms with Crippen LogP contribution in [0.25, 0.3) is 11.0 Å². The number of aryl methyl sites for hydroxylation is 2. The van der Waals surface area contributed by atoms with E-state index in [1.54, 1.807) is 23.8 Å². The molecule has 0 aliphatic rings. The molecule has 0 saturated heterocycles. The van der Waals surface area contributed by atoms with Gasteiger partial charge < -0.3 is 4.57 Å². The van der Waals surface area contributed by atoms with Crippen molar-refractivity contribution in [1.29, 1.82) is 0 Å². The summed E-state index contributed by atoms with van der Waals surface area (Å²) >= 11 is 0. The van der Waals surface area contributed by atoms with Crippen LogP contribution in [0.1, 0.15) is 13.8 Å². The Labute approximate surface area is 92.5 Å². The number of hydrogen-bond acceptors (Lipinski definition) is 2. The normalized spacial score (nSPS) is 11.2. The Morgan fingerprint density at radius 3 is 2.31 bits per heavy atom. The first-order valence-electron chi connectivity index (χ1n) is 5.40. The van der Waals surface area contributed by atoms with Crippen molar-refractivity contribution in [2.75, 3.05) is 0 Å². The molecular formula is C11H15N3O2. The maximum absolute atomic E-state index is 12.0. The van der Waals surface area contributed by atoms with E-state index in [9.17, 15) is 9.59 Å². The van der Waals surface area contributed by atoms with Gasteiger partial charge in [0.1, 0.15) is 5.65 Å². The zero-order chi connectivity index (χ0) is 11.9. The van der Waals surface area contributed by atoms with E-state index in [2.05, 4.69) is 0 Å². The second-order valence-corrected chi connectivity index (χ2v) is 3.74. The summed E-state index contributed by atoms with van der Waals surface area (Å²) in [4.78, 5) is 24.0. The van der Waals surface area contributed by atoms with Gasteiger partial charge in [-0.15, -0.1) is 0 Å².